The number of aryl methyl sites for hydroxylation is 1. The predicted octanol–water partition coefficient (Wildman–Crippen LogP) is 3.26. The highest BCUT2D eigenvalue weighted by molar-refractivity contribution is 5.83. The number of hydrogen-bond acceptors (Lipinski definition) is 4. The van der Waals surface area contributed by atoms with Gasteiger partial charge in [0.15, 0.2) is 11.5 Å². The fraction of sp³-hybridized carbons (Fsp3) is 0.188. The molecule has 21 heavy (non-hydrogen) atoms. The number of benzene rings is 2. The molecule has 1 heterocycles. The highest BCUT2D eigenvalue weighted by atomic mass is 16.5. The summed E-state index contributed by atoms with van der Waals surface area (Å²) in [7, 11) is 3.19. The smallest absolute Gasteiger partial charge is 0.163 e. The molecule has 0 atom stereocenters. The second kappa shape index (κ2) is 5.01. The van der Waals surface area contributed by atoms with E-state index >= 15 is 0 Å². The van der Waals surface area contributed by atoms with Crippen molar-refractivity contribution in [1.29, 1.82) is 0 Å². The van der Waals surface area contributed by atoms with Crippen molar-refractivity contribution in [2.75, 3.05) is 14.2 Å². The van der Waals surface area contributed by atoms with Crippen LogP contribution < -0.4 is 9.47 Å². The Labute approximate surface area is 122 Å². The van der Waals surface area contributed by atoms with E-state index in [2.05, 4.69) is 9.97 Å². The van der Waals surface area contributed by atoms with Crippen LogP contribution in [-0.4, -0.2) is 29.3 Å². The molecule has 3 aromatic rings. The molecule has 0 aliphatic rings. The van der Waals surface area contributed by atoms with E-state index in [1.165, 1.54) is 0 Å². The van der Waals surface area contributed by atoms with Crippen LogP contribution in [-0.2, 0) is 0 Å². The van der Waals surface area contributed by atoms with Gasteiger partial charge in [-0.1, -0.05) is 12.1 Å². The summed E-state index contributed by atoms with van der Waals surface area (Å²) < 4.78 is 10.6. The van der Waals surface area contributed by atoms with Crippen molar-refractivity contribution >= 4 is 11.0 Å². The van der Waals surface area contributed by atoms with Gasteiger partial charge in [0, 0.05) is 17.7 Å². The maximum Gasteiger partial charge on any atom is 0.163 e. The largest absolute Gasteiger partial charge is 0.508 e. The van der Waals surface area contributed by atoms with Crippen molar-refractivity contribution < 1.29 is 14.6 Å². The first kappa shape index (κ1) is 13.3. The normalized spacial score (nSPS) is 10.8. The summed E-state index contributed by atoms with van der Waals surface area (Å²) in [5, 5.41) is 9.82. The molecule has 108 valence electrons. The molecule has 5 heteroatoms. The number of rotatable bonds is 3. The lowest BCUT2D eigenvalue weighted by Crippen LogP contribution is -1.89. The van der Waals surface area contributed by atoms with Crippen LogP contribution in [0.15, 0.2) is 30.3 Å². The molecule has 0 saturated carbocycles. The number of nitrogens with one attached hydrogen (secondary N) is 1. The van der Waals surface area contributed by atoms with Crippen molar-refractivity contribution in [2.45, 2.75) is 6.92 Å². The maximum atomic E-state index is 9.82. The van der Waals surface area contributed by atoms with Gasteiger partial charge in [-0.3, -0.25) is 0 Å². The van der Waals surface area contributed by atoms with E-state index in [4.69, 9.17) is 9.47 Å². The number of aromatic nitrogens is 2. The summed E-state index contributed by atoms with van der Waals surface area (Å²) >= 11 is 0. The Morgan fingerprint density at radius 1 is 1.05 bits per heavy atom. The topological polar surface area (TPSA) is 67.4 Å². The molecule has 1 aromatic heterocycles. The summed E-state index contributed by atoms with van der Waals surface area (Å²) in [6, 6.07) is 9.14. The number of phenols is 1. The Kier molecular flexibility index (Phi) is 3.17. The zero-order valence-electron chi connectivity index (χ0n) is 12.1. The number of nitrogens with zero attached hydrogens (tertiary/aromatic N) is 1. The molecule has 2 aromatic carbocycles. The third-order valence-electron chi connectivity index (χ3n) is 3.47. The number of imidazole rings is 1. The molecule has 0 saturated heterocycles. The van der Waals surface area contributed by atoms with Crippen LogP contribution in [0.1, 0.15) is 5.56 Å². The quantitative estimate of drug-likeness (QED) is 0.774. The Balaban J connectivity index is 2.14. The number of phenolic OH excluding ortho intramolecular Hbond substituents is 1. The average molecular weight is 284 g/mol. The highest BCUT2D eigenvalue weighted by Gasteiger charge is 2.11. The number of aromatic amines is 1. The predicted molar refractivity (Wildman–Crippen MR) is 81.0 cm³/mol. The number of hydrogen-bond donors (Lipinski definition) is 2. The molecule has 0 fully saturated rings. The lowest BCUT2D eigenvalue weighted by molar-refractivity contribution is 0.356. The fourth-order valence-corrected chi connectivity index (χ4v) is 2.23. The Morgan fingerprint density at radius 2 is 1.76 bits per heavy atom. The summed E-state index contributed by atoms with van der Waals surface area (Å²) in [6.07, 6.45) is 0. The summed E-state index contributed by atoms with van der Waals surface area (Å²) in [5.74, 6) is 2.22. The van der Waals surface area contributed by atoms with Crippen LogP contribution in [0.25, 0.3) is 22.4 Å². The van der Waals surface area contributed by atoms with Gasteiger partial charge >= 0.3 is 0 Å². The first-order valence-electron chi connectivity index (χ1n) is 6.54. The average Bonchev–Trinajstić information content (AvgIpc) is 2.91. The first-order chi connectivity index (χ1) is 10.1. The lowest BCUT2D eigenvalue weighted by Gasteiger charge is -2.06. The van der Waals surface area contributed by atoms with Gasteiger partial charge < -0.3 is 19.6 Å². The molecular weight excluding hydrogens is 268 g/mol. The minimum atomic E-state index is 0.253. The van der Waals surface area contributed by atoms with E-state index in [0.717, 1.165) is 22.2 Å². The van der Waals surface area contributed by atoms with E-state index in [0.29, 0.717) is 17.3 Å². The molecule has 0 radical (unpaired) electrons. The zero-order chi connectivity index (χ0) is 15.0. The standard InChI is InChI=1S/C16H16N2O3/c1-9-4-5-10(6-13(9)19)16-17-11-7-14(20-2)15(21-3)8-12(11)18-16/h4-8,19H,1-3H3,(H,17,18). The zero-order valence-corrected chi connectivity index (χ0v) is 12.1. The minimum absolute atomic E-state index is 0.253. The van der Waals surface area contributed by atoms with Crippen molar-refractivity contribution in [2.24, 2.45) is 0 Å². The third kappa shape index (κ3) is 2.27. The molecule has 0 unspecified atom stereocenters. The minimum Gasteiger partial charge on any atom is -0.508 e. The van der Waals surface area contributed by atoms with Crippen molar-refractivity contribution in [3.63, 3.8) is 0 Å². The van der Waals surface area contributed by atoms with Crippen LogP contribution in [0.4, 0.5) is 0 Å². The number of H-pyrrole nitrogens is 1. The molecule has 0 spiro atoms. The third-order valence-corrected chi connectivity index (χ3v) is 3.47. The van der Waals surface area contributed by atoms with Crippen molar-refractivity contribution in [3.8, 4) is 28.6 Å². The molecule has 2 N–H and O–H groups in total. The van der Waals surface area contributed by atoms with Gasteiger partial charge in [0.05, 0.1) is 25.3 Å². The Hall–Kier alpha value is -2.69. The Bertz CT molecular complexity index is 768. The molecule has 0 amide bonds. The van der Waals surface area contributed by atoms with E-state index in [-0.39, 0.29) is 5.75 Å². The van der Waals surface area contributed by atoms with E-state index < -0.39 is 0 Å². The van der Waals surface area contributed by atoms with Gasteiger partial charge in [0.2, 0.25) is 0 Å². The number of fused-ring (bicyclic) bond motifs is 1. The van der Waals surface area contributed by atoms with Crippen LogP contribution in [0.2, 0.25) is 0 Å². The monoisotopic (exact) mass is 284 g/mol. The second-order valence-electron chi connectivity index (χ2n) is 4.81. The SMILES string of the molecule is COc1cc2nc(-c3ccc(C)c(O)c3)[nH]c2cc1OC. The fourth-order valence-electron chi connectivity index (χ4n) is 2.23. The van der Waals surface area contributed by atoms with Gasteiger partial charge in [-0.05, 0) is 18.6 Å². The van der Waals surface area contributed by atoms with Gasteiger partial charge in [-0.2, -0.15) is 0 Å². The molecule has 0 aliphatic heterocycles. The second-order valence-corrected chi connectivity index (χ2v) is 4.81. The van der Waals surface area contributed by atoms with Crippen molar-refractivity contribution in [1.82, 2.24) is 9.97 Å². The number of aromatic hydroxyl groups is 1. The maximum absolute atomic E-state index is 9.82. The summed E-state index contributed by atoms with van der Waals surface area (Å²) in [5.41, 5.74) is 3.29. The highest BCUT2D eigenvalue weighted by Crippen LogP contribution is 2.33. The number of ether oxygens (including phenoxy) is 2. The van der Waals surface area contributed by atoms with Gasteiger partial charge in [-0.25, -0.2) is 4.98 Å². The van der Waals surface area contributed by atoms with Gasteiger partial charge in [0.1, 0.15) is 11.6 Å². The van der Waals surface area contributed by atoms with Crippen LogP contribution in [0, 0.1) is 6.92 Å². The van der Waals surface area contributed by atoms with Crippen molar-refractivity contribution in [3.05, 3.63) is 35.9 Å². The number of methoxy groups -OCH3 is 2. The van der Waals surface area contributed by atoms with E-state index in [1.807, 2.05) is 31.2 Å². The summed E-state index contributed by atoms with van der Waals surface area (Å²) in [6.45, 7) is 1.85. The first-order valence-corrected chi connectivity index (χ1v) is 6.54. The van der Waals surface area contributed by atoms with Crippen LogP contribution in [0.5, 0.6) is 17.2 Å². The van der Waals surface area contributed by atoms with Crippen LogP contribution in [0.3, 0.4) is 0 Å². The lowest BCUT2D eigenvalue weighted by atomic mass is 10.1. The summed E-state index contributed by atoms with van der Waals surface area (Å²) in [4.78, 5) is 7.76. The molecular formula is C16H16N2O3. The van der Waals surface area contributed by atoms with E-state index in [1.54, 1.807) is 20.3 Å². The molecule has 0 bridgehead atoms. The Morgan fingerprint density at radius 3 is 2.43 bits per heavy atom. The van der Waals surface area contributed by atoms with Gasteiger partial charge in [0.25, 0.3) is 0 Å². The van der Waals surface area contributed by atoms with Gasteiger partial charge in [-0.15, -0.1) is 0 Å². The molecule has 5 nitrogen and oxygen atoms in total. The van der Waals surface area contributed by atoms with Crippen LogP contribution >= 0.6 is 0 Å². The van der Waals surface area contributed by atoms with E-state index in [9.17, 15) is 5.11 Å². The molecule has 0 aliphatic carbocycles. The molecule has 3 rings (SSSR count).